The summed E-state index contributed by atoms with van der Waals surface area (Å²) in [4.78, 5) is 21.2. The van der Waals surface area contributed by atoms with E-state index >= 15 is 0 Å². The highest BCUT2D eigenvalue weighted by Crippen LogP contribution is 2.21. The number of aromatic hydroxyl groups is 2. The standard InChI is InChI=1S/C16H24O2.C7H6O3/c1-2-3-4-5-6-7-8-10-14-11-9-12-16(18)15(14)13-17;8-6-4-2-1-3-5(6)7(9)10/h9,11-13,18H,2-8,10H2,1H3;1-4,8H,(H,9,10). The maximum Gasteiger partial charge on any atom is 0.339 e. The molecular weight excluding hydrogens is 356 g/mol. The average molecular weight is 386 g/mol. The van der Waals surface area contributed by atoms with Gasteiger partial charge in [0, 0.05) is 0 Å². The molecule has 5 heteroatoms. The summed E-state index contributed by atoms with van der Waals surface area (Å²) in [7, 11) is 0. The summed E-state index contributed by atoms with van der Waals surface area (Å²) in [6.45, 7) is 2.23. The maximum absolute atomic E-state index is 10.9. The van der Waals surface area contributed by atoms with Crippen LogP contribution in [0.15, 0.2) is 42.5 Å². The third-order valence-corrected chi connectivity index (χ3v) is 4.48. The number of unbranched alkanes of at least 4 members (excludes halogenated alkanes) is 6. The molecule has 2 rings (SSSR count). The van der Waals surface area contributed by atoms with Crippen LogP contribution in [-0.4, -0.2) is 27.6 Å². The Morgan fingerprint density at radius 1 is 0.857 bits per heavy atom. The monoisotopic (exact) mass is 386 g/mol. The van der Waals surface area contributed by atoms with Crippen molar-refractivity contribution in [1.82, 2.24) is 0 Å². The van der Waals surface area contributed by atoms with Gasteiger partial charge in [0.15, 0.2) is 6.29 Å². The first-order valence-corrected chi connectivity index (χ1v) is 9.78. The molecule has 152 valence electrons. The molecule has 0 aliphatic heterocycles. The van der Waals surface area contributed by atoms with Crippen molar-refractivity contribution in [3.8, 4) is 11.5 Å². The molecule has 0 aliphatic rings. The molecule has 0 bridgehead atoms. The zero-order valence-corrected chi connectivity index (χ0v) is 16.4. The fraction of sp³-hybridized carbons (Fsp3) is 0.391. The van der Waals surface area contributed by atoms with Gasteiger partial charge in [-0.25, -0.2) is 4.79 Å². The molecule has 0 aliphatic carbocycles. The third-order valence-electron chi connectivity index (χ3n) is 4.48. The zero-order chi connectivity index (χ0) is 20.8. The first-order valence-electron chi connectivity index (χ1n) is 9.78. The number of aryl methyl sites for hydroxylation is 1. The molecule has 0 radical (unpaired) electrons. The van der Waals surface area contributed by atoms with E-state index in [1.54, 1.807) is 24.3 Å². The molecule has 0 unspecified atom stereocenters. The summed E-state index contributed by atoms with van der Waals surface area (Å²) >= 11 is 0. The lowest BCUT2D eigenvalue weighted by Crippen LogP contribution is -1.95. The minimum atomic E-state index is -1.11. The number of carbonyl (C=O) groups is 2. The summed E-state index contributed by atoms with van der Waals surface area (Å²) in [6.07, 6.45) is 10.5. The minimum absolute atomic E-state index is 0.0671. The second kappa shape index (κ2) is 13.4. The van der Waals surface area contributed by atoms with Crippen molar-refractivity contribution in [1.29, 1.82) is 0 Å². The van der Waals surface area contributed by atoms with Crippen LogP contribution in [0.25, 0.3) is 0 Å². The normalized spacial score (nSPS) is 10.0. The molecule has 0 aromatic heterocycles. The summed E-state index contributed by atoms with van der Waals surface area (Å²) in [5.74, 6) is -1.21. The fourth-order valence-corrected chi connectivity index (χ4v) is 2.88. The van der Waals surface area contributed by atoms with E-state index in [-0.39, 0.29) is 17.1 Å². The predicted octanol–water partition coefficient (Wildman–Crippen LogP) is 5.59. The van der Waals surface area contributed by atoms with Gasteiger partial charge >= 0.3 is 5.97 Å². The number of para-hydroxylation sites is 1. The van der Waals surface area contributed by atoms with Crippen LogP contribution >= 0.6 is 0 Å². The van der Waals surface area contributed by atoms with Gasteiger partial charge in [-0.3, -0.25) is 4.79 Å². The summed E-state index contributed by atoms with van der Waals surface area (Å²) in [5.41, 5.74) is 1.37. The number of benzene rings is 2. The van der Waals surface area contributed by atoms with Crippen molar-refractivity contribution < 1.29 is 24.9 Å². The molecule has 2 aromatic rings. The van der Waals surface area contributed by atoms with Crippen molar-refractivity contribution in [2.45, 2.75) is 58.3 Å². The first kappa shape index (κ1) is 23.2. The van der Waals surface area contributed by atoms with E-state index in [1.165, 1.54) is 50.7 Å². The highest BCUT2D eigenvalue weighted by Gasteiger charge is 2.06. The maximum atomic E-state index is 10.9. The van der Waals surface area contributed by atoms with Gasteiger partial charge in [-0.15, -0.1) is 0 Å². The van der Waals surface area contributed by atoms with Crippen LogP contribution in [0, 0.1) is 0 Å². The number of rotatable bonds is 10. The Balaban J connectivity index is 0.000000330. The number of carboxylic acid groups (broad SMARTS) is 1. The molecule has 0 spiro atoms. The summed E-state index contributed by atoms with van der Waals surface area (Å²) < 4.78 is 0. The molecular formula is C23H30O5. The molecule has 0 heterocycles. The molecule has 0 saturated heterocycles. The molecule has 0 saturated carbocycles. The Morgan fingerprint density at radius 3 is 2.04 bits per heavy atom. The second-order valence-electron chi connectivity index (χ2n) is 6.66. The Hall–Kier alpha value is -2.82. The lowest BCUT2D eigenvalue weighted by Gasteiger charge is -2.06. The van der Waals surface area contributed by atoms with Crippen LogP contribution in [-0.2, 0) is 6.42 Å². The van der Waals surface area contributed by atoms with Crippen LogP contribution in [0.4, 0.5) is 0 Å². The number of hydrogen-bond donors (Lipinski definition) is 3. The molecule has 3 N–H and O–H groups in total. The van der Waals surface area contributed by atoms with Gasteiger partial charge in [-0.2, -0.15) is 0 Å². The molecule has 0 atom stereocenters. The molecule has 0 amide bonds. The Bertz CT molecular complexity index is 740. The van der Waals surface area contributed by atoms with Crippen LogP contribution in [0.2, 0.25) is 0 Å². The van der Waals surface area contributed by atoms with E-state index in [9.17, 15) is 14.7 Å². The quantitative estimate of drug-likeness (QED) is 0.365. The Labute approximate surface area is 166 Å². The van der Waals surface area contributed by atoms with E-state index < -0.39 is 5.97 Å². The highest BCUT2D eigenvalue weighted by atomic mass is 16.4. The van der Waals surface area contributed by atoms with Crippen molar-refractivity contribution in [2.75, 3.05) is 0 Å². The van der Waals surface area contributed by atoms with Gasteiger partial charge in [0.05, 0.1) is 5.56 Å². The second-order valence-corrected chi connectivity index (χ2v) is 6.66. The number of phenols is 2. The predicted molar refractivity (Wildman–Crippen MR) is 110 cm³/mol. The van der Waals surface area contributed by atoms with Gasteiger partial charge < -0.3 is 15.3 Å². The number of aldehydes is 1. The lowest BCUT2D eigenvalue weighted by molar-refractivity contribution is 0.0693. The van der Waals surface area contributed by atoms with E-state index in [1.807, 2.05) is 6.07 Å². The van der Waals surface area contributed by atoms with Gasteiger partial charge in [-0.05, 0) is 36.6 Å². The molecule has 28 heavy (non-hydrogen) atoms. The SMILES string of the molecule is CCCCCCCCCc1cccc(O)c1C=O.O=C(O)c1ccccc1O. The van der Waals surface area contributed by atoms with E-state index in [4.69, 9.17) is 10.2 Å². The number of hydrogen-bond acceptors (Lipinski definition) is 4. The van der Waals surface area contributed by atoms with Crippen LogP contribution < -0.4 is 0 Å². The largest absolute Gasteiger partial charge is 0.507 e. The van der Waals surface area contributed by atoms with Crippen LogP contribution in [0.1, 0.15) is 78.1 Å². The summed E-state index contributed by atoms with van der Waals surface area (Å²) in [5, 5.41) is 26.9. The van der Waals surface area contributed by atoms with Crippen molar-refractivity contribution in [3.63, 3.8) is 0 Å². The van der Waals surface area contributed by atoms with E-state index in [0.29, 0.717) is 5.56 Å². The van der Waals surface area contributed by atoms with Gasteiger partial charge in [0.1, 0.15) is 17.1 Å². The smallest absolute Gasteiger partial charge is 0.339 e. The Morgan fingerprint density at radius 2 is 1.46 bits per heavy atom. The van der Waals surface area contributed by atoms with Gasteiger partial charge in [-0.1, -0.05) is 69.7 Å². The fourth-order valence-electron chi connectivity index (χ4n) is 2.88. The third kappa shape index (κ3) is 8.25. The highest BCUT2D eigenvalue weighted by molar-refractivity contribution is 5.90. The van der Waals surface area contributed by atoms with Crippen molar-refractivity contribution in [2.24, 2.45) is 0 Å². The minimum Gasteiger partial charge on any atom is -0.507 e. The van der Waals surface area contributed by atoms with Gasteiger partial charge in [0.25, 0.3) is 0 Å². The summed E-state index contributed by atoms with van der Waals surface area (Å²) in [6, 6.07) is 11.1. The van der Waals surface area contributed by atoms with Crippen molar-refractivity contribution >= 4 is 12.3 Å². The number of carboxylic acids is 1. The molecule has 2 aromatic carbocycles. The van der Waals surface area contributed by atoms with Crippen LogP contribution in [0.5, 0.6) is 11.5 Å². The van der Waals surface area contributed by atoms with Crippen LogP contribution in [0.3, 0.4) is 0 Å². The van der Waals surface area contributed by atoms with E-state index in [2.05, 4.69) is 6.92 Å². The van der Waals surface area contributed by atoms with Crippen molar-refractivity contribution in [3.05, 3.63) is 59.2 Å². The first-order chi connectivity index (χ1) is 13.5. The molecule has 5 nitrogen and oxygen atoms in total. The zero-order valence-electron chi connectivity index (χ0n) is 16.4. The van der Waals surface area contributed by atoms with Gasteiger partial charge in [0.2, 0.25) is 0 Å². The number of carbonyl (C=O) groups excluding carboxylic acids is 1. The lowest BCUT2D eigenvalue weighted by atomic mass is 10.0. The topological polar surface area (TPSA) is 94.8 Å². The Kier molecular flexibility index (Phi) is 11.1. The average Bonchev–Trinajstić information content (AvgIpc) is 2.68. The number of aromatic carboxylic acids is 1. The number of phenolic OH excluding ortho intramolecular Hbond substituents is 1. The molecule has 0 fully saturated rings. The van der Waals surface area contributed by atoms with E-state index in [0.717, 1.165) is 24.7 Å².